The molecule has 0 aliphatic rings. The number of H-pyrrole nitrogens is 1. The van der Waals surface area contributed by atoms with Crippen molar-refractivity contribution in [1.82, 2.24) is 4.98 Å². The van der Waals surface area contributed by atoms with Crippen LogP contribution in [0.3, 0.4) is 0 Å². The van der Waals surface area contributed by atoms with E-state index in [1.165, 1.54) is 6.07 Å². The molecule has 3 rings (SSSR count). The summed E-state index contributed by atoms with van der Waals surface area (Å²) in [6.45, 7) is 0. The molecule has 1 amide bonds. The number of amides is 1. The monoisotopic (exact) mass is 315 g/mol. The van der Waals surface area contributed by atoms with Gasteiger partial charge in [0, 0.05) is 11.5 Å². The number of rotatable bonds is 3. The molecule has 1 heterocycles. The quantitative estimate of drug-likeness (QED) is 0.566. The van der Waals surface area contributed by atoms with Crippen molar-refractivity contribution in [1.29, 1.82) is 0 Å². The molecule has 0 radical (unpaired) electrons. The van der Waals surface area contributed by atoms with E-state index in [2.05, 4.69) is 10.3 Å². The SMILES string of the molecule is O=C(Nc1ccccc1Cl)c1cc2cccc([N+](=O)[O-])c2[nH]1. The number of aromatic amines is 1. The Morgan fingerprint density at radius 3 is 2.68 bits per heavy atom. The van der Waals surface area contributed by atoms with E-state index in [-0.39, 0.29) is 11.4 Å². The van der Waals surface area contributed by atoms with E-state index >= 15 is 0 Å². The minimum atomic E-state index is -0.491. The Morgan fingerprint density at radius 1 is 1.18 bits per heavy atom. The second-order valence-electron chi connectivity index (χ2n) is 4.62. The Kier molecular flexibility index (Phi) is 3.52. The van der Waals surface area contributed by atoms with E-state index in [4.69, 9.17) is 11.6 Å². The highest BCUT2D eigenvalue weighted by molar-refractivity contribution is 6.33. The third kappa shape index (κ3) is 2.51. The number of hydrogen-bond acceptors (Lipinski definition) is 3. The highest BCUT2D eigenvalue weighted by Gasteiger charge is 2.17. The van der Waals surface area contributed by atoms with Gasteiger partial charge in [0.25, 0.3) is 11.6 Å². The molecule has 3 aromatic rings. The number of non-ortho nitro benzene ring substituents is 1. The number of fused-ring (bicyclic) bond motifs is 1. The van der Waals surface area contributed by atoms with Crippen molar-refractivity contribution < 1.29 is 9.72 Å². The lowest BCUT2D eigenvalue weighted by Gasteiger charge is -2.05. The number of halogens is 1. The van der Waals surface area contributed by atoms with Gasteiger partial charge in [-0.25, -0.2) is 0 Å². The van der Waals surface area contributed by atoms with E-state index < -0.39 is 10.8 Å². The standard InChI is InChI=1S/C15H10ClN3O3/c16-10-5-1-2-6-11(10)18-15(20)12-8-9-4-3-7-13(19(21)22)14(9)17-12/h1-8,17H,(H,18,20). The van der Waals surface area contributed by atoms with Crippen LogP contribution < -0.4 is 5.32 Å². The molecule has 0 atom stereocenters. The van der Waals surface area contributed by atoms with Gasteiger partial charge < -0.3 is 10.3 Å². The largest absolute Gasteiger partial charge is 0.345 e. The van der Waals surface area contributed by atoms with Crippen molar-refractivity contribution in [3.8, 4) is 0 Å². The number of nitrogens with zero attached hydrogens (tertiary/aromatic N) is 1. The normalized spacial score (nSPS) is 10.6. The van der Waals surface area contributed by atoms with Crippen LogP contribution in [0.2, 0.25) is 5.02 Å². The Hall–Kier alpha value is -2.86. The van der Waals surface area contributed by atoms with Gasteiger partial charge in [-0.1, -0.05) is 35.9 Å². The van der Waals surface area contributed by atoms with Crippen LogP contribution in [0.4, 0.5) is 11.4 Å². The molecule has 22 heavy (non-hydrogen) atoms. The molecule has 0 fully saturated rings. The number of anilines is 1. The van der Waals surface area contributed by atoms with Crippen molar-refractivity contribution in [3.63, 3.8) is 0 Å². The summed E-state index contributed by atoms with van der Waals surface area (Å²) in [5.74, 6) is -0.418. The van der Waals surface area contributed by atoms with Crippen LogP contribution >= 0.6 is 11.6 Å². The van der Waals surface area contributed by atoms with Crippen molar-refractivity contribution in [2.75, 3.05) is 5.32 Å². The van der Waals surface area contributed by atoms with Gasteiger partial charge in [0.2, 0.25) is 0 Å². The zero-order valence-electron chi connectivity index (χ0n) is 11.2. The Balaban J connectivity index is 1.97. The molecule has 2 N–H and O–H groups in total. The molecule has 0 saturated heterocycles. The summed E-state index contributed by atoms with van der Waals surface area (Å²) in [7, 11) is 0. The van der Waals surface area contributed by atoms with E-state index in [9.17, 15) is 14.9 Å². The molecule has 110 valence electrons. The molecular weight excluding hydrogens is 306 g/mol. The minimum Gasteiger partial charge on any atom is -0.345 e. The van der Waals surface area contributed by atoms with Gasteiger partial charge in [0.15, 0.2) is 0 Å². The third-order valence-electron chi connectivity index (χ3n) is 3.20. The zero-order valence-corrected chi connectivity index (χ0v) is 11.9. The molecule has 0 aliphatic heterocycles. The number of nitro groups is 1. The lowest BCUT2D eigenvalue weighted by atomic mass is 10.2. The lowest BCUT2D eigenvalue weighted by molar-refractivity contribution is -0.383. The maximum Gasteiger partial charge on any atom is 0.293 e. The predicted molar refractivity (Wildman–Crippen MR) is 84.4 cm³/mol. The molecule has 6 nitrogen and oxygen atoms in total. The van der Waals surface area contributed by atoms with Gasteiger partial charge in [0.05, 0.1) is 15.6 Å². The molecule has 0 spiro atoms. The molecule has 7 heteroatoms. The van der Waals surface area contributed by atoms with Crippen LogP contribution in [0.25, 0.3) is 10.9 Å². The first-order chi connectivity index (χ1) is 10.6. The Bertz CT molecular complexity index is 889. The van der Waals surface area contributed by atoms with Crippen LogP contribution in [0, 0.1) is 10.1 Å². The fourth-order valence-corrected chi connectivity index (χ4v) is 2.35. The first kappa shape index (κ1) is 14.1. The molecule has 0 saturated carbocycles. The summed E-state index contributed by atoms with van der Waals surface area (Å²) in [6, 6.07) is 13.1. The molecular formula is C15H10ClN3O3. The smallest absolute Gasteiger partial charge is 0.293 e. The van der Waals surface area contributed by atoms with Gasteiger partial charge in [-0.3, -0.25) is 14.9 Å². The summed E-state index contributed by atoms with van der Waals surface area (Å²) in [5, 5.41) is 14.7. The average Bonchev–Trinajstić information content (AvgIpc) is 2.93. The summed E-state index contributed by atoms with van der Waals surface area (Å²) in [5.41, 5.74) is 0.942. The zero-order chi connectivity index (χ0) is 15.7. The van der Waals surface area contributed by atoms with Crippen LogP contribution in [-0.4, -0.2) is 15.8 Å². The second-order valence-corrected chi connectivity index (χ2v) is 5.02. The van der Waals surface area contributed by atoms with Crippen LogP contribution in [0.5, 0.6) is 0 Å². The van der Waals surface area contributed by atoms with Gasteiger partial charge >= 0.3 is 0 Å². The number of nitrogens with one attached hydrogen (secondary N) is 2. The highest BCUT2D eigenvalue weighted by atomic mass is 35.5. The summed E-state index contributed by atoms with van der Waals surface area (Å²) < 4.78 is 0. The summed E-state index contributed by atoms with van der Waals surface area (Å²) in [4.78, 5) is 25.5. The fraction of sp³-hybridized carbons (Fsp3) is 0. The van der Waals surface area contributed by atoms with Gasteiger partial charge in [0.1, 0.15) is 11.2 Å². The molecule has 0 bridgehead atoms. The molecule has 1 aromatic heterocycles. The second kappa shape index (κ2) is 5.50. The van der Waals surface area contributed by atoms with Crippen LogP contribution in [0.15, 0.2) is 48.5 Å². The number of hydrogen-bond donors (Lipinski definition) is 2. The third-order valence-corrected chi connectivity index (χ3v) is 3.53. The Labute approximate surface area is 129 Å². The fourth-order valence-electron chi connectivity index (χ4n) is 2.17. The minimum absolute atomic E-state index is 0.0747. The van der Waals surface area contributed by atoms with E-state index in [1.807, 2.05) is 0 Å². The maximum absolute atomic E-state index is 12.2. The number of carbonyl (C=O) groups is 1. The van der Waals surface area contributed by atoms with E-state index in [0.29, 0.717) is 21.6 Å². The molecule has 2 aromatic carbocycles. The number of benzene rings is 2. The van der Waals surface area contributed by atoms with Gasteiger partial charge in [-0.05, 0) is 18.2 Å². The van der Waals surface area contributed by atoms with Crippen LogP contribution in [0.1, 0.15) is 10.5 Å². The van der Waals surface area contributed by atoms with E-state index in [1.54, 1.807) is 42.5 Å². The first-order valence-corrected chi connectivity index (χ1v) is 6.76. The topological polar surface area (TPSA) is 88.0 Å². The van der Waals surface area contributed by atoms with Gasteiger partial charge in [-0.15, -0.1) is 0 Å². The number of nitro benzene ring substituents is 1. The summed E-state index contributed by atoms with van der Waals surface area (Å²) >= 11 is 5.99. The number of aromatic nitrogens is 1. The van der Waals surface area contributed by atoms with E-state index in [0.717, 1.165) is 0 Å². The highest BCUT2D eigenvalue weighted by Crippen LogP contribution is 2.26. The summed E-state index contributed by atoms with van der Waals surface area (Å²) in [6.07, 6.45) is 0. The average molecular weight is 316 g/mol. The van der Waals surface area contributed by atoms with Gasteiger partial charge in [-0.2, -0.15) is 0 Å². The first-order valence-electron chi connectivity index (χ1n) is 6.38. The Morgan fingerprint density at radius 2 is 1.95 bits per heavy atom. The maximum atomic E-state index is 12.2. The van der Waals surface area contributed by atoms with Crippen molar-refractivity contribution in [2.45, 2.75) is 0 Å². The van der Waals surface area contributed by atoms with Crippen molar-refractivity contribution in [2.24, 2.45) is 0 Å². The lowest BCUT2D eigenvalue weighted by Crippen LogP contribution is -2.12. The van der Waals surface area contributed by atoms with Crippen molar-refractivity contribution >= 4 is 39.8 Å². The number of carbonyl (C=O) groups excluding carboxylic acids is 1. The van der Waals surface area contributed by atoms with Crippen molar-refractivity contribution in [3.05, 3.63) is 69.4 Å². The molecule has 0 unspecified atom stereocenters. The van der Waals surface area contributed by atoms with Crippen LogP contribution in [-0.2, 0) is 0 Å². The number of para-hydroxylation sites is 2. The predicted octanol–water partition coefficient (Wildman–Crippen LogP) is 3.98. The molecule has 0 aliphatic carbocycles.